The van der Waals surface area contributed by atoms with Gasteiger partial charge in [0.2, 0.25) is 0 Å². The third-order valence-corrected chi connectivity index (χ3v) is 2.28. The Morgan fingerprint density at radius 3 is 2.83 bits per heavy atom. The maximum absolute atomic E-state index is 8.76. The lowest BCUT2D eigenvalue weighted by molar-refractivity contribution is 0.202. The molecule has 96 valence electrons. The van der Waals surface area contributed by atoms with Crippen LogP contribution in [0.15, 0.2) is 37.0 Å². The van der Waals surface area contributed by atoms with Gasteiger partial charge in [0, 0.05) is 11.6 Å². The molecule has 0 spiro atoms. The SMILES string of the molecule is C=Cc1cc(OCCO)c2ncccc2c1.CC. The maximum Gasteiger partial charge on any atom is 0.146 e. The molecule has 1 N–H and O–H groups in total. The van der Waals surface area contributed by atoms with Crippen molar-refractivity contribution in [3.63, 3.8) is 0 Å². The average molecular weight is 245 g/mol. The summed E-state index contributed by atoms with van der Waals surface area (Å²) < 4.78 is 5.45. The van der Waals surface area contributed by atoms with Crippen molar-refractivity contribution in [2.45, 2.75) is 13.8 Å². The lowest BCUT2D eigenvalue weighted by atomic mass is 10.1. The van der Waals surface area contributed by atoms with E-state index in [0.717, 1.165) is 16.5 Å². The van der Waals surface area contributed by atoms with E-state index in [0.29, 0.717) is 5.75 Å². The molecule has 0 aliphatic heterocycles. The van der Waals surface area contributed by atoms with Crippen LogP contribution < -0.4 is 4.74 Å². The van der Waals surface area contributed by atoms with Crippen molar-refractivity contribution in [2.75, 3.05) is 13.2 Å². The standard InChI is InChI=1S/C13H13NO2.C2H6/c1-2-10-8-11-4-3-5-14-13(11)12(9-10)16-7-6-15;1-2/h2-5,8-9,15H,1,6-7H2;1-2H3. The number of fused-ring (bicyclic) bond motifs is 1. The van der Waals surface area contributed by atoms with Crippen LogP contribution in [0.2, 0.25) is 0 Å². The summed E-state index contributed by atoms with van der Waals surface area (Å²) in [5.41, 5.74) is 1.79. The zero-order valence-electron chi connectivity index (χ0n) is 10.9. The lowest BCUT2D eigenvalue weighted by Gasteiger charge is -2.08. The number of nitrogens with zero attached hydrogens (tertiary/aromatic N) is 1. The van der Waals surface area contributed by atoms with Crippen LogP contribution in [0.1, 0.15) is 19.4 Å². The van der Waals surface area contributed by atoms with Crippen LogP contribution in [-0.4, -0.2) is 23.3 Å². The number of ether oxygens (including phenoxy) is 1. The molecular formula is C15H19NO2. The summed E-state index contributed by atoms with van der Waals surface area (Å²) in [4.78, 5) is 4.27. The molecule has 2 rings (SSSR count). The maximum atomic E-state index is 8.76. The predicted octanol–water partition coefficient (Wildman–Crippen LogP) is 3.28. The van der Waals surface area contributed by atoms with Gasteiger partial charge in [-0.2, -0.15) is 0 Å². The highest BCUT2D eigenvalue weighted by molar-refractivity contribution is 5.86. The van der Waals surface area contributed by atoms with Crippen molar-refractivity contribution in [2.24, 2.45) is 0 Å². The van der Waals surface area contributed by atoms with E-state index < -0.39 is 0 Å². The molecular weight excluding hydrogens is 226 g/mol. The van der Waals surface area contributed by atoms with Gasteiger partial charge in [-0.05, 0) is 23.8 Å². The molecule has 0 amide bonds. The molecule has 0 saturated carbocycles. The molecule has 0 aliphatic rings. The first-order valence-corrected chi connectivity index (χ1v) is 6.10. The van der Waals surface area contributed by atoms with Crippen LogP contribution in [0.4, 0.5) is 0 Å². The van der Waals surface area contributed by atoms with Gasteiger partial charge >= 0.3 is 0 Å². The quantitative estimate of drug-likeness (QED) is 0.898. The van der Waals surface area contributed by atoms with Crippen molar-refractivity contribution >= 4 is 17.0 Å². The number of pyridine rings is 1. The van der Waals surface area contributed by atoms with Gasteiger partial charge in [0.1, 0.15) is 17.9 Å². The van der Waals surface area contributed by atoms with Gasteiger partial charge in [-0.3, -0.25) is 4.98 Å². The van der Waals surface area contributed by atoms with E-state index in [1.54, 1.807) is 12.3 Å². The van der Waals surface area contributed by atoms with E-state index in [1.165, 1.54) is 0 Å². The fourth-order valence-electron chi connectivity index (χ4n) is 1.56. The summed E-state index contributed by atoms with van der Waals surface area (Å²) in [6.45, 7) is 8.00. The molecule has 18 heavy (non-hydrogen) atoms. The topological polar surface area (TPSA) is 42.4 Å². The molecule has 1 aromatic heterocycles. The number of hydrogen-bond donors (Lipinski definition) is 1. The third kappa shape index (κ3) is 3.31. The number of aliphatic hydroxyl groups is 1. The molecule has 1 heterocycles. The lowest BCUT2D eigenvalue weighted by Crippen LogP contribution is -2.02. The zero-order valence-corrected chi connectivity index (χ0v) is 10.9. The Morgan fingerprint density at radius 2 is 2.17 bits per heavy atom. The highest BCUT2D eigenvalue weighted by atomic mass is 16.5. The summed E-state index contributed by atoms with van der Waals surface area (Å²) in [7, 11) is 0. The van der Waals surface area contributed by atoms with E-state index in [2.05, 4.69) is 11.6 Å². The third-order valence-electron chi connectivity index (χ3n) is 2.28. The summed E-state index contributed by atoms with van der Waals surface area (Å²) in [5.74, 6) is 0.682. The van der Waals surface area contributed by atoms with Gasteiger partial charge in [-0.25, -0.2) is 0 Å². The molecule has 0 aliphatic carbocycles. The second-order valence-electron chi connectivity index (χ2n) is 3.37. The van der Waals surface area contributed by atoms with E-state index in [1.807, 2.05) is 38.1 Å². The Kier molecular flexibility index (Phi) is 5.88. The van der Waals surface area contributed by atoms with Crippen LogP contribution in [0, 0.1) is 0 Å². The first-order chi connectivity index (χ1) is 8.85. The minimum atomic E-state index is -0.00730. The van der Waals surface area contributed by atoms with E-state index >= 15 is 0 Å². The van der Waals surface area contributed by atoms with E-state index in [-0.39, 0.29) is 13.2 Å². The van der Waals surface area contributed by atoms with Gasteiger partial charge in [0.15, 0.2) is 0 Å². The number of aromatic nitrogens is 1. The number of rotatable bonds is 4. The number of aliphatic hydroxyl groups excluding tert-OH is 1. The summed E-state index contributed by atoms with van der Waals surface area (Å²) in [6, 6.07) is 7.73. The molecule has 0 unspecified atom stereocenters. The predicted molar refractivity (Wildman–Crippen MR) is 75.8 cm³/mol. The van der Waals surface area contributed by atoms with Crippen LogP contribution in [0.25, 0.3) is 17.0 Å². The average Bonchev–Trinajstić information content (AvgIpc) is 2.46. The number of hydrogen-bond acceptors (Lipinski definition) is 3. The Morgan fingerprint density at radius 1 is 1.39 bits per heavy atom. The first-order valence-electron chi connectivity index (χ1n) is 6.10. The minimum Gasteiger partial charge on any atom is -0.489 e. The Labute approximate surface area is 108 Å². The molecule has 0 bridgehead atoms. The fourth-order valence-corrected chi connectivity index (χ4v) is 1.56. The van der Waals surface area contributed by atoms with Gasteiger partial charge in [0.25, 0.3) is 0 Å². The molecule has 1 aromatic carbocycles. The van der Waals surface area contributed by atoms with Gasteiger partial charge in [0.05, 0.1) is 6.61 Å². The highest BCUT2D eigenvalue weighted by Crippen LogP contribution is 2.26. The van der Waals surface area contributed by atoms with Crippen LogP contribution in [0.3, 0.4) is 0 Å². The second-order valence-corrected chi connectivity index (χ2v) is 3.37. The molecule has 3 nitrogen and oxygen atoms in total. The van der Waals surface area contributed by atoms with Gasteiger partial charge < -0.3 is 9.84 Å². The van der Waals surface area contributed by atoms with Gasteiger partial charge in [-0.1, -0.05) is 32.6 Å². The van der Waals surface area contributed by atoms with Crippen LogP contribution in [-0.2, 0) is 0 Å². The van der Waals surface area contributed by atoms with Crippen molar-refractivity contribution in [3.05, 3.63) is 42.6 Å². The molecule has 0 atom stereocenters. The van der Waals surface area contributed by atoms with Crippen molar-refractivity contribution < 1.29 is 9.84 Å². The number of benzene rings is 1. The molecule has 2 aromatic rings. The molecule has 0 fully saturated rings. The van der Waals surface area contributed by atoms with Crippen molar-refractivity contribution in [3.8, 4) is 5.75 Å². The Balaban J connectivity index is 0.000000771. The summed E-state index contributed by atoms with van der Waals surface area (Å²) in [6.07, 6.45) is 3.49. The summed E-state index contributed by atoms with van der Waals surface area (Å²) in [5, 5.41) is 9.77. The van der Waals surface area contributed by atoms with Crippen LogP contribution in [0.5, 0.6) is 5.75 Å². The Hall–Kier alpha value is -1.87. The second kappa shape index (κ2) is 7.45. The molecule has 0 saturated heterocycles. The highest BCUT2D eigenvalue weighted by Gasteiger charge is 2.04. The van der Waals surface area contributed by atoms with Crippen molar-refractivity contribution in [1.29, 1.82) is 0 Å². The largest absolute Gasteiger partial charge is 0.489 e. The molecule has 3 heteroatoms. The normalized spacial score (nSPS) is 9.50. The van der Waals surface area contributed by atoms with E-state index in [9.17, 15) is 0 Å². The van der Waals surface area contributed by atoms with E-state index in [4.69, 9.17) is 9.84 Å². The zero-order chi connectivity index (χ0) is 13.4. The van der Waals surface area contributed by atoms with Gasteiger partial charge in [-0.15, -0.1) is 0 Å². The fraction of sp³-hybridized carbons (Fsp3) is 0.267. The minimum absolute atomic E-state index is 0.00730. The van der Waals surface area contributed by atoms with Crippen molar-refractivity contribution in [1.82, 2.24) is 4.98 Å². The summed E-state index contributed by atoms with van der Waals surface area (Å²) >= 11 is 0. The monoisotopic (exact) mass is 245 g/mol. The molecule has 0 radical (unpaired) electrons. The smallest absolute Gasteiger partial charge is 0.146 e. The Bertz CT molecular complexity index is 509. The van der Waals surface area contributed by atoms with Crippen LogP contribution >= 0.6 is 0 Å². The first kappa shape index (κ1) is 14.2.